The topological polar surface area (TPSA) is 118 Å². The number of amides is 2. The van der Waals surface area contributed by atoms with Crippen molar-refractivity contribution in [3.8, 4) is 5.75 Å². The summed E-state index contributed by atoms with van der Waals surface area (Å²) >= 11 is 0. The molecule has 29 heavy (non-hydrogen) atoms. The minimum atomic E-state index is -0.580. The van der Waals surface area contributed by atoms with Crippen LogP contribution < -0.4 is 26.4 Å². The van der Waals surface area contributed by atoms with Crippen LogP contribution in [0, 0.1) is 0 Å². The largest absolute Gasteiger partial charge is 0.497 e. The van der Waals surface area contributed by atoms with E-state index in [4.69, 9.17) is 10.5 Å². The van der Waals surface area contributed by atoms with E-state index in [0.717, 1.165) is 23.4 Å². The van der Waals surface area contributed by atoms with Gasteiger partial charge in [0.25, 0.3) is 5.91 Å². The number of hydrogen-bond donors (Lipinski definition) is 4. The van der Waals surface area contributed by atoms with E-state index in [1.807, 2.05) is 43.3 Å². The van der Waals surface area contributed by atoms with Gasteiger partial charge in [0, 0.05) is 18.7 Å². The summed E-state index contributed by atoms with van der Waals surface area (Å²) in [5, 5.41) is 8.94. The Labute approximate surface area is 170 Å². The van der Waals surface area contributed by atoms with E-state index in [-0.39, 0.29) is 12.5 Å². The van der Waals surface area contributed by atoms with Crippen LogP contribution in [0.15, 0.2) is 53.5 Å². The van der Waals surface area contributed by atoms with Gasteiger partial charge < -0.3 is 26.4 Å². The molecule has 0 radical (unpaired) electrons. The zero-order valence-corrected chi connectivity index (χ0v) is 16.7. The molecule has 0 heterocycles. The van der Waals surface area contributed by atoms with Crippen molar-refractivity contribution in [2.45, 2.75) is 20.0 Å². The molecule has 154 valence electrons. The standard InChI is InChI=1S/C21H27N5O3/c1-3-23-21(26-13-16-6-10-18(29-2)11-7-16)25-12-15-4-8-17(9-5-15)20(28)24-14-19(22)27/h4-11H,3,12-14H2,1-2H3,(H2,22,27)(H,24,28)(H2,23,25,26). The number of primary amides is 1. The molecular formula is C21H27N5O3. The van der Waals surface area contributed by atoms with Gasteiger partial charge in [-0.05, 0) is 42.3 Å². The molecule has 2 amide bonds. The molecule has 2 rings (SSSR count). The number of rotatable bonds is 9. The number of nitrogens with zero attached hydrogens (tertiary/aromatic N) is 1. The maximum atomic E-state index is 11.9. The fraction of sp³-hybridized carbons (Fsp3) is 0.286. The maximum absolute atomic E-state index is 11.9. The van der Waals surface area contributed by atoms with Crippen LogP contribution in [0.3, 0.4) is 0 Å². The molecule has 0 fully saturated rings. The minimum Gasteiger partial charge on any atom is -0.497 e. The summed E-state index contributed by atoms with van der Waals surface area (Å²) in [7, 11) is 1.64. The highest BCUT2D eigenvalue weighted by molar-refractivity contribution is 5.96. The number of guanidine groups is 1. The second-order valence-corrected chi connectivity index (χ2v) is 6.24. The molecule has 5 N–H and O–H groups in total. The zero-order valence-electron chi connectivity index (χ0n) is 16.7. The van der Waals surface area contributed by atoms with Gasteiger partial charge in [-0.15, -0.1) is 0 Å². The van der Waals surface area contributed by atoms with Gasteiger partial charge in [0.1, 0.15) is 5.75 Å². The maximum Gasteiger partial charge on any atom is 0.251 e. The highest BCUT2D eigenvalue weighted by Crippen LogP contribution is 2.12. The number of nitrogens with one attached hydrogen (secondary N) is 3. The first-order chi connectivity index (χ1) is 14.0. The van der Waals surface area contributed by atoms with E-state index < -0.39 is 5.91 Å². The number of nitrogens with two attached hydrogens (primary N) is 1. The third kappa shape index (κ3) is 7.53. The molecule has 0 atom stereocenters. The zero-order chi connectivity index (χ0) is 21.1. The predicted octanol–water partition coefficient (Wildman–Crippen LogP) is 1.17. The normalized spacial score (nSPS) is 10.9. The Kier molecular flexibility index (Phi) is 8.50. The van der Waals surface area contributed by atoms with E-state index in [2.05, 4.69) is 20.9 Å². The molecule has 0 spiro atoms. The fourth-order valence-corrected chi connectivity index (χ4v) is 2.47. The van der Waals surface area contributed by atoms with Gasteiger partial charge in [-0.25, -0.2) is 4.99 Å². The number of hydrogen-bond acceptors (Lipinski definition) is 4. The Hall–Kier alpha value is -3.55. The van der Waals surface area contributed by atoms with E-state index >= 15 is 0 Å². The van der Waals surface area contributed by atoms with Crippen molar-refractivity contribution in [3.05, 3.63) is 65.2 Å². The third-order valence-electron chi connectivity index (χ3n) is 4.02. The van der Waals surface area contributed by atoms with Gasteiger partial charge >= 0.3 is 0 Å². The molecule has 0 aromatic heterocycles. The first kappa shape index (κ1) is 21.7. The van der Waals surface area contributed by atoms with Crippen LogP contribution in [-0.4, -0.2) is 38.0 Å². The van der Waals surface area contributed by atoms with Crippen molar-refractivity contribution in [1.29, 1.82) is 0 Å². The highest BCUT2D eigenvalue weighted by Gasteiger charge is 2.06. The molecule has 2 aromatic carbocycles. The van der Waals surface area contributed by atoms with E-state index in [1.165, 1.54) is 0 Å². The smallest absolute Gasteiger partial charge is 0.251 e. The number of carbonyl (C=O) groups is 2. The number of methoxy groups -OCH3 is 1. The molecular weight excluding hydrogens is 370 g/mol. The second-order valence-electron chi connectivity index (χ2n) is 6.24. The van der Waals surface area contributed by atoms with E-state index in [9.17, 15) is 9.59 Å². The van der Waals surface area contributed by atoms with Crippen molar-refractivity contribution < 1.29 is 14.3 Å². The lowest BCUT2D eigenvalue weighted by atomic mass is 10.1. The first-order valence-corrected chi connectivity index (χ1v) is 9.32. The number of carbonyl (C=O) groups excluding carboxylic acids is 2. The summed E-state index contributed by atoms with van der Waals surface area (Å²) in [4.78, 5) is 27.2. The highest BCUT2D eigenvalue weighted by atomic mass is 16.5. The Balaban J connectivity index is 1.91. The van der Waals surface area contributed by atoms with Crippen LogP contribution in [0.2, 0.25) is 0 Å². The molecule has 8 heteroatoms. The Morgan fingerprint density at radius 3 is 2.21 bits per heavy atom. The molecule has 8 nitrogen and oxygen atoms in total. The minimum absolute atomic E-state index is 0.182. The summed E-state index contributed by atoms with van der Waals surface area (Å²) in [5.41, 5.74) is 7.56. The Morgan fingerprint density at radius 1 is 0.966 bits per heavy atom. The van der Waals surface area contributed by atoms with E-state index in [0.29, 0.717) is 24.6 Å². The van der Waals surface area contributed by atoms with Gasteiger partial charge in [-0.2, -0.15) is 0 Å². The van der Waals surface area contributed by atoms with Crippen molar-refractivity contribution in [2.24, 2.45) is 10.7 Å². The average molecular weight is 397 g/mol. The SMILES string of the molecule is CCNC(=NCc1ccc(OC)cc1)NCc1ccc(C(=O)NCC(N)=O)cc1. The van der Waals surface area contributed by atoms with E-state index in [1.54, 1.807) is 19.2 Å². The van der Waals surface area contributed by atoms with Crippen molar-refractivity contribution >= 4 is 17.8 Å². The number of benzene rings is 2. The third-order valence-corrected chi connectivity index (χ3v) is 4.02. The average Bonchev–Trinajstić information content (AvgIpc) is 2.74. The van der Waals surface area contributed by atoms with Crippen molar-refractivity contribution in [1.82, 2.24) is 16.0 Å². The lowest BCUT2D eigenvalue weighted by Crippen LogP contribution is -2.36. The van der Waals surface area contributed by atoms with Gasteiger partial charge in [0.15, 0.2) is 5.96 Å². The molecule has 0 aliphatic carbocycles. The molecule has 0 aliphatic heterocycles. The van der Waals surface area contributed by atoms with Crippen LogP contribution in [0.25, 0.3) is 0 Å². The summed E-state index contributed by atoms with van der Waals surface area (Å²) in [6.07, 6.45) is 0. The monoisotopic (exact) mass is 397 g/mol. The molecule has 2 aromatic rings. The first-order valence-electron chi connectivity index (χ1n) is 9.32. The fourth-order valence-electron chi connectivity index (χ4n) is 2.47. The summed E-state index contributed by atoms with van der Waals surface area (Å²) in [6, 6.07) is 14.9. The molecule has 0 saturated carbocycles. The Bertz CT molecular complexity index is 832. The van der Waals surface area contributed by atoms with Crippen molar-refractivity contribution in [2.75, 3.05) is 20.2 Å². The van der Waals surface area contributed by atoms with Crippen LogP contribution in [0.4, 0.5) is 0 Å². The number of ether oxygens (including phenoxy) is 1. The molecule has 0 saturated heterocycles. The summed E-state index contributed by atoms with van der Waals surface area (Å²) < 4.78 is 5.16. The van der Waals surface area contributed by atoms with Crippen LogP contribution in [0.1, 0.15) is 28.4 Å². The lowest BCUT2D eigenvalue weighted by Gasteiger charge is -2.12. The van der Waals surface area contributed by atoms with Gasteiger partial charge in [-0.1, -0.05) is 24.3 Å². The van der Waals surface area contributed by atoms with Gasteiger partial charge in [0.05, 0.1) is 20.2 Å². The summed E-state index contributed by atoms with van der Waals surface area (Å²) in [6.45, 7) is 3.66. The predicted molar refractivity (Wildman–Crippen MR) is 113 cm³/mol. The molecule has 0 bridgehead atoms. The van der Waals surface area contributed by atoms with Gasteiger partial charge in [0.2, 0.25) is 5.91 Å². The number of aliphatic imine (C=N–C) groups is 1. The molecule has 0 aliphatic rings. The van der Waals surface area contributed by atoms with Crippen LogP contribution >= 0.6 is 0 Å². The van der Waals surface area contributed by atoms with Crippen LogP contribution in [0.5, 0.6) is 5.75 Å². The van der Waals surface area contributed by atoms with Crippen LogP contribution in [-0.2, 0) is 17.9 Å². The summed E-state index contributed by atoms with van der Waals surface area (Å²) in [5.74, 6) is 0.600. The molecule has 0 unspecified atom stereocenters. The second kappa shape index (κ2) is 11.3. The van der Waals surface area contributed by atoms with Gasteiger partial charge in [-0.3, -0.25) is 9.59 Å². The lowest BCUT2D eigenvalue weighted by molar-refractivity contribution is -0.117. The quantitative estimate of drug-likeness (QED) is 0.374. The van der Waals surface area contributed by atoms with Crippen molar-refractivity contribution in [3.63, 3.8) is 0 Å². The Morgan fingerprint density at radius 2 is 1.62 bits per heavy atom.